The van der Waals surface area contributed by atoms with Crippen molar-refractivity contribution in [1.82, 2.24) is 0 Å². The van der Waals surface area contributed by atoms with Gasteiger partial charge >= 0.3 is 5.97 Å². The van der Waals surface area contributed by atoms with Crippen molar-refractivity contribution < 1.29 is 24.0 Å². The topological polar surface area (TPSA) is 44.8 Å². The van der Waals surface area contributed by atoms with E-state index in [1.807, 2.05) is 13.8 Å². The van der Waals surface area contributed by atoms with E-state index in [4.69, 9.17) is 0 Å². The number of hydrogen-bond acceptors (Lipinski definition) is 4. The van der Waals surface area contributed by atoms with Gasteiger partial charge in [-0.3, -0.25) is 4.89 Å². The molecule has 0 fully saturated rings. The Bertz CT molecular complexity index is 238. The molecule has 0 heterocycles. The number of alkyl halides is 1. The summed E-state index contributed by atoms with van der Waals surface area (Å²) in [4.78, 5) is 19.9. The van der Waals surface area contributed by atoms with Crippen LogP contribution in [0.4, 0.5) is 4.39 Å². The van der Waals surface area contributed by atoms with E-state index >= 15 is 0 Å². The SMILES string of the molecule is CCCC(F)OOOC(=O)CC(C)CC(C)(C)C. The molecule has 5 heteroatoms. The summed E-state index contributed by atoms with van der Waals surface area (Å²) in [5.74, 6) is -0.367. The third kappa shape index (κ3) is 10.5. The second-order valence-electron chi connectivity index (χ2n) is 5.89. The Morgan fingerprint density at radius 2 is 1.94 bits per heavy atom. The molecular weight excluding hydrogens is 239 g/mol. The maximum atomic E-state index is 12.8. The van der Waals surface area contributed by atoms with E-state index in [-0.39, 0.29) is 24.2 Å². The van der Waals surface area contributed by atoms with Crippen LogP contribution < -0.4 is 0 Å². The predicted octanol–water partition coefficient (Wildman–Crippen LogP) is 3.95. The van der Waals surface area contributed by atoms with Crippen LogP contribution in [0.3, 0.4) is 0 Å². The first kappa shape index (κ1) is 17.3. The fraction of sp³-hybridized carbons (Fsp3) is 0.923. The van der Waals surface area contributed by atoms with Crippen LogP contribution in [-0.4, -0.2) is 12.3 Å². The number of hydrogen-bond donors (Lipinski definition) is 0. The van der Waals surface area contributed by atoms with Crippen LogP contribution in [-0.2, 0) is 19.6 Å². The van der Waals surface area contributed by atoms with Crippen molar-refractivity contribution in [3.8, 4) is 0 Å². The predicted molar refractivity (Wildman–Crippen MR) is 65.9 cm³/mol. The zero-order valence-corrected chi connectivity index (χ0v) is 12.0. The lowest BCUT2D eigenvalue weighted by Gasteiger charge is -2.22. The lowest BCUT2D eigenvalue weighted by Crippen LogP contribution is -2.17. The van der Waals surface area contributed by atoms with Gasteiger partial charge in [-0.1, -0.05) is 41.0 Å². The summed E-state index contributed by atoms with van der Waals surface area (Å²) < 4.78 is 12.8. The van der Waals surface area contributed by atoms with Gasteiger partial charge in [0.15, 0.2) is 0 Å². The highest BCUT2D eigenvalue weighted by molar-refractivity contribution is 5.68. The van der Waals surface area contributed by atoms with Gasteiger partial charge < -0.3 is 0 Å². The Hall–Kier alpha value is -0.680. The second kappa shape index (κ2) is 8.43. The fourth-order valence-corrected chi connectivity index (χ4v) is 1.81. The van der Waals surface area contributed by atoms with Gasteiger partial charge in [-0.25, -0.2) is 9.18 Å². The molecule has 0 amide bonds. The van der Waals surface area contributed by atoms with E-state index in [9.17, 15) is 9.18 Å². The minimum absolute atomic E-state index is 0.155. The van der Waals surface area contributed by atoms with Crippen LogP contribution in [0.1, 0.15) is 60.3 Å². The molecule has 0 aliphatic rings. The fourth-order valence-electron chi connectivity index (χ4n) is 1.81. The highest BCUT2D eigenvalue weighted by Gasteiger charge is 2.19. The molecule has 0 aromatic carbocycles. The highest BCUT2D eigenvalue weighted by Crippen LogP contribution is 2.26. The molecular formula is C13H25FO4. The van der Waals surface area contributed by atoms with E-state index in [0.29, 0.717) is 6.42 Å². The monoisotopic (exact) mass is 264 g/mol. The molecule has 0 aromatic rings. The minimum Gasteiger partial charge on any atom is -0.269 e. The highest BCUT2D eigenvalue weighted by atomic mass is 19.1. The normalized spacial score (nSPS) is 15.2. The molecule has 0 spiro atoms. The van der Waals surface area contributed by atoms with Crippen molar-refractivity contribution in [2.24, 2.45) is 11.3 Å². The van der Waals surface area contributed by atoms with Gasteiger partial charge in [-0.15, -0.1) is 0 Å². The van der Waals surface area contributed by atoms with Gasteiger partial charge in [0.25, 0.3) is 0 Å². The van der Waals surface area contributed by atoms with Crippen molar-refractivity contribution in [2.75, 3.05) is 0 Å². The molecule has 0 aromatic heterocycles. The standard InChI is InChI=1S/C13H25FO4/c1-6-7-11(14)16-18-17-12(15)8-10(2)9-13(3,4)5/h10-11H,6-9H2,1-5H3. The molecule has 0 aliphatic carbocycles. The van der Waals surface area contributed by atoms with Gasteiger partial charge in [0.2, 0.25) is 6.36 Å². The van der Waals surface area contributed by atoms with Crippen LogP contribution in [0.15, 0.2) is 0 Å². The molecule has 0 rings (SSSR count). The molecule has 0 aliphatic heterocycles. The van der Waals surface area contributed by atoms with Crippen molar-refractivity contribution in [3.63, 3.8) is 0 Å². The summed E-state index contributed by atoms with van der Waals surface area (Å²) in [6, 6.07) is 0. The molecule has 0 N–H and O–H groups in total. The van der Waals surface area contributed by atoms with E-state index in [2.05, 4.69) is 35.6 Å². The van der Waals surface area contributed by atoms with Gasteiger partial charge in [-0.2, -0.15) is 4.89 Å². The Morgan fingerprint density at radius 1 is 1.33 bits per heavy atom. The number of carbonyl (C=O) groups is 1. The Morgan fingerprint density at radius 3 is 2.44 bits per heavy atom. The average Bonchev–Trinajstić information content (AvgIpc) is 2.14. The van der Waals surface area contributed by atoms with Gasteiger partial charge in [0, 0.05) is 6.42 Å². The van der Waals surface area contributed by atoms with Crippen molar-refractivity contribution in [1.29, 1.82) is 0 Å². The van der Waals surface area contributed by atoms with Gasteiger partial charge in [0.05, 0.1) is 6.42 Å². The summed E-state index contributed by atoms with van der Waals surface area (Å²) in [6.45, 7) is 10.1. The molecule has 4 nitrogen and oxygen atoms in total. The zero-order valence-electron chi connectivity index (χ0n) is 12.0. The van der Waals surface area contributed by atoms with Crippen LogP contribution in [0, 0.1) is 11.3 Å². The largest absolute Gasteiger partial charge is 0.345 e. The molecule has 0 saturated carbocycles. The molecule has 0 bridgehead atoms. The third-order valence-corrected chi connectivity index (χ3v) is 2.26. The molecule has 2 atom stereocenters. The lowest BCUT2D eigenvalue weighted by atomic mass is 9.84. The summed E-state index contributed by atoms with van der Waals surface area (Å²) >= 11 is 0. The molecule has 0 radical (unpaired) electrons. The van der Waals surface area contributed by atoms with Crippen molar-refractivity contribution in [3.05, 3.63) is 0 Å². The molecule has 0 saturated heterocycles. The van der Waals surface area contributed by atoms with Crippen LogP contribution >= 0.6 is 0 Å². The van der Waals surface area contributed by atoms with Crippen molar-refractivity contribution >= 4 is 5.97 Å². The van der Waals surface area contributed by atoms with Crippen molar-refractivity contribution in [2.45, 2.75) is 66.7 Å². The average molecular weight is 264 g/mol. The van der Waals surface area contributed by atoms with E-state index < -0.39 is 12.3 Å². The van der Waals surface area contributed by atoms with Gasteiger partial charge in [-0.05, 0) is 22.8 Å². The van der Waals surface area contributed by atoms with Crippen LogP contribution in [0.5, 0.6) is 0 Å². The maximum absolute atomic E-state index is 12.8. The summed E-state index contributed by atoms with van der Waals surface area (Å²) in [6.07, 6.45) is 0.393. The number of halogens is 1. The summed E-state index contributed by atoms with van der Waals surface area (Å²) in [7, 11) is 0. The first-order chi connectivity index (χ1) is 8.24. The van der Waals surface area contributed by atoms with Crippen LogP contribution in [0.2, 0.25) is 0 Å². The van der Waals surface area contributed by atoms with Gasteiger partial charge in [0.1, 0.15) is 0 Å². The maximum Gasteiger partial charge on any atom is 0.345 e. The first-order valence-electron chi connectivity index (χ1n) is 6.41. The van der Waals surface area contributed by atoms with Crippen LogP contribution in [0.25, 0.3) is 0 Å². The lowest BCUT2D eigenvalue weighted by molar-refractivity contribution is -0.514. The first-order valence-corrected chi connectivity index (χ1v) is 6.41. The Balaban J connectivity index is 3.71. The number of carbonyl (C=O) groups excluding carboxylic acids is 1. The molecule has 108 valence electrons. The Labute approximate surface area is 109 Å². The Kier molecular flexibility index (Phi) is 8.11. The van der Waals surface area contributed by atoms with E-state index in [1.165, 1.54) is 0 Å². The smallest absolute Gasteiger partial charge is 0.269 e. The number of rotatable bonds is 8. The van der Waals surface area contributed by atoms with E-state index in [0.717, 1.165) is 6.42 Å². The zero-order chi connectivity index (χ0) is 14.2. The quantitative estimate of drug-likeness (QED) is 0.492. The van der Waals surface area contributed by atoms with E-state index in [1.54, 1.807) is 0 Å². The molecule has 18 heavy (non-hydrogen) atoms. The third-order valence-electron chi connectivity index (χ3n) is 2.26. The minimum atomic E-state index is -1.56. The second-order valence-corrected chi connectivity index (χ2v) is 5.89. The summed E-state index contributed by atoms with van der Waals surface area (Å²) in [5, 5.41) is 4.12. The molecule has 2 unspecified atom stereocenters. The summed E-state index contributed by atoms with van der Waals surface area (Å²) in [5.41, 5.74) is 0.155.